The van der Waals surface area contributed by atoms with Crippen molar-refractivity contribution in [2.24, 2.45) is 0 Å². The Kier molecular flexibility index (Phi) is 9.00. The molecule has 170 valence electrons. The Labute approximate surface area is 189 Å². The third kappa shape index (κ3) is 7.04. The maximum absolute atomic E-state index is 12.7. The zero-order valence-electron chi connectivity index (χ0n) is 18.2. The van der Waals surface area contributed by atoms with Crippen molar-refractivity contribution >= 4 is 33.2 Å². The predicted molar refractivity (Wildman–Crippen MR) is 124 cm³/mol. The van der Waals surface area contributed by atoms with Crippen LogP contribution in [0.3, 0.4) is 0 Å². The van der Waals surface area contributed by atoms with Crippen LogP contribution in [0.5, 0.6) is 11.5 Å². The van der Waals surface area contributed by atoms with Crippen LogP contribution in [-0.4, -0.2) is 46.9 Å². The Morgan fingerprint density at radius 3 is 2.45 bits per heavy atom. The number of rotatable bonds is 11. The first-order chi connectivity index (χ1) is 14.7. The van der Waals surface area contributed by atoms with E-state index >= 15 is 0 Å². The summed E-state index contributed by atoms with van der Waals surface area (Å²) in [4.78, 5) is 12.7. The Balaban J connectivity index is 2.01. The molecule has 1 amide bonds. The number of hydrogen-bond acceptors (Lipinski definition) is 5. The molecule has 0 aliphatic carbocycles. The molecule has 0 bridgehead atoms. The van der Waals surface area contributed by atoms with Gasteiger partial charge in [0.05, 0.1) is 25.6 Å². The first kappa shape index (κ1) is 24.8. The minimum absolute atomic E-state index is 0.198. The quantitative estimate of drug-likeness (QED) is 0.509. The van der Waals surface area contributed by atoms with E-state index in [2.05, 4.69) is 12.2 Å². The molecule has 0 heterocycles. The Hall–Kier alpha value is -2.45. The van der Waals surface area contributed by atoms with Gasteiger partial charge in [0.1, 0.15) is 24.1 Å². The van der Waals surface area contributed by atoms with Crippen molar-refractivity contribution in [1.29, 1.82) is 0 Å². The average molecular weight is 469 g/mol. The fourth-order valence-corrected chi connectivity index (χ4v) is 4.48. The number of anilines is 1. The van der Waals surface area contributed by atoms with Gasteiger partial charge in [-0.15, -0.1) is 0 Å². The molecule has 0 aliphatic rings. The maximum Gasteiger partial charge on any atom is 0.243 e. The highest BCUT2D eigenvalue weighted by molar-refractivity contribution is 7.92. The molecule has 7 nitrogen and oxygen atoms in total. The molecule has 31 heavy (non-hydrogen) atoms. The van der Waals surface area contributed by atoms with Gasteiger partial charge in [-0.05, 0) is 49.2 Å². The molecule has 0 unspecified atom stereocenters. The van der Waals surface area contributed by atoms with Gasteiger partial charge in [0.25, 0.3) is 0 Å². The summed E-state index contributed by atoms with van der Waals surface area (Å²) < 4.78 is 36.8. The number of aryl methyl sites for hydroxylation is 1. The normalized spacial score (nSPS) is 12.2. The number of benzene rings is 2. The molecule has 0 aliphatic heterocycles. The molecular weight excluding hydrogens is 440 g/mol. The highest BCUT2D eigenvalue weighted by atomic mass is 35.5. The lowest BCUT2D eigenvalue weighted by molar-refractivity contribution is -0.121. The molecule has 0 fully saturated rings. The second-order valence-corrected chi connectivity index (χ2v) is 9.38. The SMILES string of the molecule is CCCc1ccc(OCCNC(=O)[C@@H](C)N(c2cc(Cl)ccc2OC)S(C)(=O)=O)cc1. The summed E-state index contributed by atoms with van der Waals surface area (Å²) in [6.07, 6.45) is 3.13. The average Bonchev–Trinajstić information content (AvgIpc) is 2.71. The Morgan fingerprint density at radius 1 is 1.19 bits per heavy atom. The molecule has 0 saturated carbocycles. The molecule has 0 aromatic heterocycles. The molecule has 1 N–H and O–H groups in total. The minimum atomic E-state index is -3.79. The lowest BCUT2D eigenvalue weighted by Crippen LogP contribution is -2.48. The van der Waals surface area contributed by atoms with Crippen LogP contribution in [0.2, 0.25) is 5.02 Å². The van der Waals surface area contributed by atoms with E-state index < -0.39 is 22.0 Å². The van der Waals surface area contributed by atoms with Crippen LogP contribution >= 0.6 is 11.6 Å². The van der Waals surface area contributed by atoms with Gasteiger partial charge in [0, 0.05) is 5.02 Å². The summed E-state index contributed by atoms with van der Waals surface area (Å²) in [7, 11) is -2.37. The molecule has 1 atom stereocenters. The van der Waals surface area contributed by atoms with Crippen LogP contribution in [0.1, 0.15) is 25.8 Å². The number of amides is 1. The van der Waals surface area contributed by atoms with Gasteiger partial charge in [-0.1, -0.05) is 37.1 Å². The van der Waals surface area contributed by atoms with Crippen molar-refractivity contribution in [1.82, 2.24) is 5.32 Å². The number of nitrogens with zero attached hydrogens (tertiary/aromatic N) is 1. The number of ether oxygens (including phenoxy) is 2. The van der Waals surface area contributed by atoms with E-state index in [0.717, 1.165) is 23.4 Å². The molecule has 9 heteroatoms. The van der Waals surface area contributed by atoms with Crippen molar-refractivity contribution in [2.75, 3.05) is 30.8 Å². The van der Waals surface area contributed by atoms with Crippen molar-refractivity contribution in [2.45, 2.75) is 32.7 Å². The van der Waals surface area contributed by atoms with E-state index in [9.17, 15) is 13.2 Å². The molecule has 0 radical (unpaired) electrons. The first-order valence-corrected chi connectivity index (χ1v) is 12.2. The standard InChI is InChI=1S/C22H29ClN2O5S/c1-5-6-17-7-10-19(11-8-17)30-14-13-24-22(26)16(2)25(31(4,27)28)20-15-18(23)9-12-21(20)29-3/h7-12,15-16H,5-6,13-14H2,1-4H3,(H,24,26)/t16-/m1/s1. The molecular formula is C22H29ClN2O5S. The number of carbonyl (C=O) groups excluding carboxylic acids is 1. The van der Waals surface area contributed by atoms with Gasteiger partial charge in [-0.3, -0.25) is 9.10 Å². The van der Waals surface area contributed by atoms with Crippen LogP contribution in [0, 0.1) is 0 Å². The van der Waals surface area contributed by atoms with Crippen molar-refractivity contribution in [3.8, 4) is 11.5 Å². The summed E-state index contributed by atoms with van der Waals surface area (Å²) in [5, 5.41) is 3.04. The third-order valence-electron chi connectivity index (χ3n) is 4.60. The highest BCUT2D eigenvalue weighted by Crippen LogP contribution is 2.34. The van der Waals surface area contributed by atoms with Crippen LogP contribution in [0.15, 0.2) is 42.5 Å². The Bertz CT molecular complexity index is 980. The molecule has 2 aromatic rings. The smallest absolute Gasteiger partial charge is 0.243 e. The van der Waals surface area contributed by atoms with Gasteiger partial charge in [-0.25, -0.2) is 8.42 Å². The lowest BCUT2D eigenvalue weighted by atomic mass is 10.1. The summed E-state index contributed by atoms with van der Waals surface area (Å²) >= 11 is 6.05. The van der Waals surface area contributed by atoms with E-state index in [1.807, 2.05) is 24.3 Å². The van der Waals surface area contributed by atoms with E-state index in [-0.39, 0.29) is 18.8 Å². The molecule has 0 saturated heterocycles. The number of hydrogen-bond donors (Lipinski definition) is 1. The van der Waals surface area contributed by atoms with Gasteiger partial charge in [0.15, 0.2) is 0 Å². The fraction of sp³-hybridized carbons (Fsp3) is 0.409. The maximum atomic E-state index is 12.7. The van der Waals surface area contributed by atoms with Gasteiger partial charge >= 0.3 is 0 Å². The minimum Gasteiger partial charge on any atom is -0.495 e. The van der Waals surface area contributed by atoms with Crippen molar-refractivity contribution < 1.29 is 22.7 Å². The fourth-order valence-electron chi connectivity index (χ4n) is 3.15. The zero-order valence-corrected chi connectivity index (χ0v) is 19.8. The zero-order chi connectivity index (χ0) is 23.0. The van der Waals surface area contributed by atoms with Crippen LogP contribution in [0.25, 0.3) is 0 Å². The van der Waals surface area contributed by atoms with E-state index in [1.54, 1.807) is 12.1 Å². The third-order valence-corrected chi connectivity index (χ3v) is 6.06. The Morgan fingerprint density at radius 2 is 1.87 bits per heavy atom. The molecule has 0 spiro atoms. The van der Waals surface area contributed by atoms with Gasteiger partial charge in [-0.2, -0.15) is 0 Å². The molecule has 2 rings (SSSR count). The largest absolute Gasteiger partial charge is 0.495 e. The number of nitrogens with one attached hydrogen (secondary N) is 1. The van der Waals surface area contributed by atoms with E-state index in [0.29, 0.717) is 16.5 Å². The number of halogens is 1. The number of methoxy groups -OCH3 is 1. The second kappa shape index (κ2) is 11.2. The summed E-state index contributed by atoms with van der Waals surface area (Å²) in [5.41, 5.74) is 1.44. The summed E-state index contributed by atoms with van der Waals surface area (Å²) in [6, 6.07) is 11.4. The number of carbonyl (C=O) groups is 1. The monoisotopic (exact) mass is 468 g/mol. The second-order valence-electron chi connectivity index (χ2n) is 7.08. The molecule has 2 aromatic carbocycles. The predicted octanol–water partition coefficient (Wildman–Crippen LogP) is 3.65. The summed E-state index contributed by atoms with van der Waals surface area (Å²) in [5.74, 6) is 0.544. The van der Waals surface area contributed by atoms with Gasteiger partial charge < -0.3 is 14.8 Å². The van der Waals surface area contributed by atoms with Crippen LogP contribution in [0.4, 0.5) is 5.69 Å². The van der Waals surface area contributed by atoms with E-state index in [4.69, 9.17) is 21.1 Å². The first-order valence-electron chi connectivity index (χ1n) is 9.99. The van der Waals surface area contributed by atoms with Crippen molar-refractivity contribution in [3.05, 3.63) is 53.1 Å². The van der Waals surface area contributed by atoms with Crippen LogP contribution < -0.4 is 19.1 Å². The van der Waals surface area contributed by atoms with Crippen molar-refractivity contribution in [3.63, 3.8) is 0 Å². The number of sulfonamides is 1. The highest BCUT2D eigenvalue weighted by Gasteiger charge is 2.31. The van der Waals surface area contributed by atoms with Gasteiger partial charge in [0.2, 0.25) is 15.9 Å². The lowest BCUT2D eigenvalue weighted by Gasteiger charge is -2.29. The topological polar surface area (TPSA) is 84.9 Å². The summed E-state index contributed by atoms with van der Waals surface area (Å²) in [6.45, 7) is 4.11. The van der Waals surface area contributed by atoms with E-state index in [1.165, 1.54) is 25.7 Å². The van der Waals surface area contributed by atoms with Crippen LogP contribution in [-0.2, 0) is 21.2 Å².